The summed E-state index contributed by atoms with van der Waals surface area (Å²) in [6.07, 6.45) is 5.38. The highest BCUT2D eigenvalue weighted by atomic mass is 32.2. The molecule has 0 unspecified atom stereocenters. The normalized spacial score (nSPS) is 16.1. The summed E-state index contributed by atoms with van der Waals surface area (Å²) < 4.78 is 26.5. The average Bonchev–Trinajstić information content (AvgIpc) is 2.90. The first-order valence-corrected chi connectivity index (χ1v) is 8.25. The first kappa shape index (κ1) is 11.9. The Morgan fingerprint density at radius 1 is 1.44 bits per heavy atom. The molecule has 7 heteroatoms. The summed E-state index contributed by atoms with van der Waals surface area (Å²) in [7, 11) is -3.40. The van der Waals surface area contributed by atoms with Crippen LogP contribution in [0.5, 0.6) is 0 Å². The van der Waals surface area contributed by atoms with Crippen molar-refractivity contribution in [2.24, 2.45) is 0 Å². The second-order valence-electron chi connectivity index (χ2n) is 4.46. The fourth-order valence-electron chi connectivity index (χ4n) is 1.88. The van der Waals surface area contributed by atoms with E-state index in [-0.39, 0.29) is 10.9 Å². The van der Waals surface area contributed by atoms with Crippen LogP contribution in [0, 0.1) is 6.92 Å². The first-order chi connectivity index (χ1) is 8.58. The van der Waals surface area contributed by atoms with Gasteiger partial charge in [0.2, 0.25) is 15.0 Å². The highest BCUT2D eigenvalue weighted by molar-refractivity contribution is 7.90. The number of aryl methyl sites for hydroxylation is 1. The van der Waals surface area contributed by atoms with Gasteiger partial charge in [-0.05, 0) is 19.8 Å². The Morgan fingerprint density at radius 2 is 2.22 bits per heavy atom. The van der Waals surface area contributed by atoms with Gasteiger partial charge in [0, 0.05) is 23.3 Å². The lowest BCUT2D eigenvalue weighted by molar-refractivity contribution is 0.564. The third-order valence-electron chi connectivity index (χ3n) is 3.02. The summed E-state index contributed by atoms with van der Waals surface area (Å²) in [5.41, 5.74) is 2.30. The molecule has 0 saturated heterocycles. The number of aromatic nitrogens is 3. The van der Waals surface area contributed by atoms with E-state index in [1.165, 1.54) is 11.3 Å². The van der Waals surface area contributed by atoms with Gasteiger partial charge in [-0.2, -0.15) is 0 Å². The van der Waals surface area contributed by atoms with Gasteiger partial charge in [0.25, 0.3) is 0 Å². The van der Waals surface area contributed by atoms with Gasteiger partial charge < -0.3 is 4.57 Å². The summed E-state index contributed by atoms with van der Waals surface area (Å²) in [4.78, 5) is 9.06. The monoisotopic (exact) mass is 283 g/mol. The van der Waals surface area contributed by atoms with Gasteiger partial charge in [-0.1, -0.05) is 0 Å². The molecule has 1 aliphatic rings. The standard InChI is InChI=1S/C11H13N3O2S2/c1-8-10(13-7-17-8)6-18(15,16)11-12-4-5-14(11)9-2-3-9/h4-5,7,9H,2-3,6H2,1H3. The topological polar surface area (TPSA) is 64.8 Å². The van der Waals surface area contributed by atoms with E-state index in [1.54, 1.807) is 22.5 Å². The van der Waals surface area contributed by atoms with E-state index >= 15 is 0 Å². The maximum absolute atomic E-state index is 12.3. The lowest BCUT2D eigenvalue weighted by atomic mass is 10.4. The molecular formula is C11H13N3O2S2. The van der Waals surface area contributed by atoms with Crippen LogP contribution in [0.1, 0.15) is 29.5 Å². The molecular weight excluding hydrogens is 270 g/mol. The summed E-state index contributed by atoms with van der Waals surface area (Å²) in [5, 5.41) is 0.178. The molecule has 1 saturated carbocycles. The maximum Gasteiger partial charge on any atom is 0.228 e. The van der Waals surface area contributed by atoms with E-state index in [0.717, 1.165) is 17.7 Å². The zero-order valence-corrected chi connectivity index (χ0v) is 11.5. The molecule has 0 amide bonds. The van der Waals surface area contributed by atoms with Crippen LogP contribution in [0.2, 0.25) is 0 Å². The Kier molecular flexibility index (Phi) is 2.74. The van der Waals surface area contributed by atoms with Gasteiger partial charge in [0.15, 0.2) is 0 Å². The fourth-order valence-corrected chi connectivity index (χ4v) is 4.11. The smallest absolute Gasteiger partial charge is 0.228 e. The SMILES string of the molecule is Cc1scnc1CS(=O)(=O)c1nccn1C1CC1. The van der Waals surface area contributed by atoms with Crippen molar-refractivity contribution in [1.29, 1.82) is 0 Å². The Bertz CT molecular complexity index is 668. The quantitative estimate of drug-likeness (QED) is 0.860. The number of hydrogen-bond donors (Lipinski definition) is 0. The van der Waals surface area contributed by atoms with Crippen molar-refractivity contribution in [1.82, 2.24) is 14.5 Å². The number of thiazole rings is 1. The minimum Gasteiger partial charge on any atom is -0.319 e. The Balaban J connectivity index is 1.94. The van der Waals surface area contributed by atoms with Crippen molar-refractivity contribution in [3.63, 3.8) is 0 Å². The molecule has 2 aromatic heterocycles. The van der Waals surface area contributed by atoms with Crippen LogP contribution >= 0.6 is 11.3 Å². The number of sulfone groups is 1. The minimum absolute atomic E-state index is 0.0634. The third-order valence-corrected chi connectivity index (χ3v) is 5.35. The molecule has 5 nitrogen and oxygen atoms in total. The van der Waals surface area contributed by atoms with Crippen molar-refractivity contribution < 1.29 is 8.42 Å². The molecule has 0 aromatic carbocycles. The first-order valence-electron chi connectivity index (χ1n) is 5.72. The minimum atomic E-state index is -3.40. The largest absolute Gasteiger partial charge is 0.319 e. The summed E-state index contributed by atoms with van der Waals surface area (Å²) in [5.74, 6) is -0.0634. The van der Waals surface area contributed by atoms with E-state index in [2.05, 4.69) is 9.97 Å². The van der Waals surface area contributed by atoms with Gasteiger partial charge in [-0.15, -0.1) is 11.3 Å². The van der Waals surface area contributed by atoms with E-state index in [0.29, 0.717) is 11.7 Å². The lowest BCUT2D eigenvalue weighted by Crippen LogP contribution is -2.12. The average molecular weight is 283 g/mol. The summed E-state index contributed by atoms with van der Waals surface area (Å²) >= 11 is 1.46. The van der Waals surface area contributed by atoms with Crippen LogP contribution in [0.3, 0.4) is 0 Å². The van der Waals surface area contributed by atoms with Crippen LogP contribution in [-0.4, -0.2) is 23.0 Å². The van der Waals surface area contributed by atoms with Crippen LogP contribution < -0.4 is 0 Å². The van der Waals surface area contributed by atoms with Gasteiger partial charge in [0.05, 0.1) is 11.2 Å². The predicted octanol–water partition coefficient (Wildman–Crippen LogP) is 1.96. The van der Waals surface area contributed by atoms with E-state index in [1.807, 2.05) is 6.92 Å². The molecule has 1 aliphatic carbocycles. The van der Waals surface area contributed by atoms with E-state index < -0.39 is 9.84 Å². The highest BCUT2D eigenvalue weighted by Crippen LogP contribution is 2.36. The number of nitrogens with zero attached hydrogens (tertiary/aromatic N) is 3. The Hall–Kier alpha value is -1.21. The van der Waals surface area contributed by atoms with Gasteiger partial charge in [-0.25, -0.2) is 18.4 Å². The molecule has 2 aromatic rings. The van der Waals surface area contributed by atoms with Crippen molar-refractivity contribution >= 4 is 21.2 Å². The third kappa shape index (κ3) is 2.08. The van der Waals surface area contributed by atoms with Crippen LogP contribution in [0.4, 0.5) is 0 Å². The second kappa shape index (κ2) is 4.17. The van der Waals surface area contributed by atoms with E-state index in [9.17, 15) is 8.42 Å². The maximum atomic E-state index is 12.3. The molecule has 0 aliphatic heterocycles. The van der Waals surface area contributed by atoms with Gasteiger partial charge in [0.1, 0.15) is 5.75 Å². The van der Waals surface area contributed by atoms with Crippen molar-refractivity contribution in [2.75, 3.05) is 0 Å². The molecule has 0 N–H and O–H groups in total. The number of hydrogen-bond acceptors (Lipinski definition) is 5. The molecule has 0 atom stereocenters. The molecule has 1 fully saturated rings. The zero-order chi connectivity index (χ0) is 12.8. The molecule has 2 heterocycles. The molecule has 96 valence electrons. The predicted molar refractivity (Wildman–Crippen MR) is 68.2 cm³/mol. The molecule has 0 bridgehead atoms. The second-order valence-corrected chi connectivity index (χ2v) is 7.40. The number of rotatable bonds is 4. The Labute approximate surface area is 109 Å². The van der Waals surface area contributed by atoms with Crippen molar-refractivity contribution in [3.8, 4) is 0 Å². The molecule has 3 rings (SSSR count). The van der Waals surface area contributed by atoms with Crippen LogP contribution in [0.25, 0.3) is 0 Å². The highest BCUT2D eigenvalue weighted by Gasteiger charge is 2.31. The lowest BCUT2D eigenvalue weighted by Gasteiger charge is -2.06. The molecule has 0 spiro atoms. The summed E-state index contributed by atoms with van der Waals surface area (Å²) in [6, 6.07) is 0.314. The van der Waals surface area contributed by atoms with Crippen LogP contribution in [0.15, 0.2) is 23.1 Å². The molecule has 0 radical (unpaired) electrons. The van der Waals surface area contributed by atoms with Crippen molar-refractivity contribution in [3.05, 3.63) is 28.5 Å². The molecule has 18 heavy (non-hydrogen) atoms. The zero-order valence-electron chi connectivity index (χ0n) is 9.91. The Morgan fingerprint density at radius 3 is 2.83 bits per heavy atom. The number of imidazole rings is 1. The van der Waals surface area contributed by atoms with Crippen molar-refractivity contribution in [2.45, 2.75) is 36.7 Å². The summed E-state index contributed by atoms with van der Waals surface area (Å²) in [6.45, 7) is 1.88. The van der Waals surface area contributed by atoms with Gasteiger partial charge >= 0.3 is 0 Å². The van der Waals surface area contributed by atoms with E-state index in [4.69, 9.17) is 0 Å². The van der Waals surface area contributed by atoms with Crippen LogP contribution in [-0.2, 0) is 15.6 Å². The van der Waals surface area contributed by atoms with Gasteiger partial charge in [-0.3, -0.25) is 0 Å². The fraction of sp³-hybridized carbons (Fsp3) is 0.455.